The number of hydrogen-bond donors (Lipinski definition) is 0. The molecule has 0 fully saturated rings. The molecule has 13 rings (SSSR count). The third-order valence-electron chi connectivity index (χ3n) is 13.9. The summed E-state index contributed by atoms with van der Waals surface area (Å²) in [5.74, 6) is 0. The van der Waals surface area contributed by atoms with E-state index in [2.05, 4.69) is 253 Å². The zero-order valence-corrected chi connectivity index (χ0v) is 36.3. The van der Waals surface area contributed by atoms with Gasteiger partial charge in [0.2, 0.25) is 0 Å². The first-order chi connectivity index (χ1) is 32.7. The lowest BCUT2D eigenvalue weighted by atomic mass is 9.85. The van der Waals surface area contributed by atoms with Crippen LogP contribution < -0.4 is 0 Å². The topological polar surface area (TPSA) is 4.93 Å². The summed E-state index contributed by atoms with van der Waals surface area (Å²) in [6, 6.07) is 84.8. The molecule has 0 unspecified atom stereocenters. The minimum absolute atomic E-state index is 0.821. The molecule has 0 atom stereocenters. The van der Waals surface area contributed by atoms with E-state index in [1.54, 1.807) is 0 Å². The summed E-state index contributed by atoms with van der Waals surface area (Å²) in [6.45, 7) is 0. The van der Waals surface area contributed by atoms with E-state index >= 15 is 0 Å². The lowest BCUT2D eigenvalue weighted by Gasteiger charge is -2.19. The lowest BCUT2D eigenvalue weighted by Crippen LogP contribution is -1.97. The van der Waals surface area contributed by atoms with Crippen LogP contribution in [0.15, 0.2) is 243 Å². The van der Waals surface area contributed by atoms with E-state index in [-0.39, 0.29) is 0 Å². The molecule has 0 amide bonds. The Morgan fingerprint density at radius 3 is 1.52 bits per heavy atom. The molecule has 0 aliphatic heterocycles. The molecule has 1 heteroatoms. The molecular formula is C65H43N. The molecular weight excluding hydrogens is 795 g/mol. The number of rotatable bonds is 6. The molecule has 12 aromatic rings. The van der Waals surface area contributed by atoms with Crippen LogP contribution in [0, 0.1) is 0 Å². The summed E-state index contributed by atoms with van der Waals surface area (Å²) < 4.78 is 2.48. The van der Waals surface area contributed by atoms with Gasteiger partial charge in [-0.05, 0) is 147 Å². The minimum atomic E-state index is 0.821. The van der Waals surface area contributed by atoms with Crippen molar-refractivity contribution in [2.24, 2.45) is 0 Å². The Kier molecular flexibility index (Phi) is 8.99. The molecule has 0 N–H and O–H groups in total. The maximum atomic E-state index is 2.48. The van der Waals surface area contributed by atoms with E-state index in [9.17, 15) is 0 Å². The average molecular weight is 838 g/mol. The van der Waals surface area contributed by atoms with Gasteiger partial charge in [0.15, 0.2) is 0 Å². The third-order valence-corrected chi connectivity index (χ3v) is 13.9. The highest BCUT2D eigenvalue weighted by atomic mass is 15.0. The molecule has 1 aromatic heterocycles. The van der Waals surface area contributed by atoms with Gasteiger partial charge in [-0.15, -0.1) is 0 Å². The van der Waals surface area contributed by atoms with Crippen LogP contribution in [0.3, 0.4) is 0 Å². The second-order valence-corrected chi connectivity index (χ2v) is 17.5. The Morgan fingerprint density at radius 1 is 0.318 bits per heavy atom. The van der Waals surface area contributed by atoms with Gasteiger partial charge in [-0.25, -0.2) is 0 Å². The van der Waals surface area contributed by atoms with Crippen molar-refractivity contribution in [3.63, 3.8) is 0 Å². The summed E-state index contributed by atoms with van der Waals surface area (Å²) in [7, 11) is 0. The number of benzene rings is 11. The highest BCUT2D eigenvalue weighted by Crippen LogP contribution is 2.45. The molecule has 1 heterocycles. The maximum absolute atomic E-state index is 2.48. The van der Waals surface area contributed by atoms with Gasteiger partial charge < -0.3 is 4.57 Å². The van der Waals surface area contributed by atoms with Crippen LogP contribution in [-0.4, -0.2) is 4.57 Å². The molecule has 66 heavy (non-hydrogen) atoms. The zero-order chi connectivity index (χ0) is 43.6. The van der Waals surface area contributed by atoms with Gasteiger partial charge in [0.05, 0.1) is 11.2 Å². The van der Waals surface area contributed by atoms with E-state index in [1.165, 1.54) is 121 Å². The van der Waals surface area contributed by atoms with Crippen LogP contribution in [0.2, 0.25) is 0 Å². The summed E-state index contributed by atoms with van der Waals surface area (Å²) in [4.78, 5) is 0. The maximum Gasteiger partial charge on any atom is 0.0538 e. The first-order valence-electron chi connectivity index (χ1n) is 23.0. The van der Waals surface area contributed by atoms with E-state index in [4.69, 9.17) is 0 Å². The van der Waals surface area contributed by atoms with Crippen molar-refractivity contribution in [3.8, 4) is 50.2 Å². The van der Waals surface area contributed by atoms with Crippen molar-refractivity contribution < 1.29 is 0 Å². The minimum Gasteiger partial charge on any atom is -0.310 e. The van der Waals surface area contributed by atoms with Crippen molar-refractivity contribution in [1.82, 2.24) is 4.57 Å². The zero-order valence-electron chi connectivity index (χ0n) is 36.3. The number of aromatic nitrogens is 1. The molecule has 1 nitrogen and oxygen atoms in total. The highest BCUT2D eigenvalue weighted by Gasteiger charge is 2.21. The summed E-state index contributed by atoms with van der Waals surface area (Å²) in [5, 5.41) is 11.4. The van der Waals surface area contributed by atoms with Gasteiger partial charge in [-0.1, -0.05) is 212 Å². The Labute approximate surface area is 384 Å². The van der Waals surface area contributed by atoms with Gasteiger partial charge in [0.25, 0.3) is 0 Å². The molecule has 0 spiro atoms. The molecule has 0 saturated carbocycles. The molecule has 308 valence electrons. The van der Waals surface area contributed by atoms with E-state index < -0.39 is 0 Å². The van der Waals surface area contributed by atoms with E-state index in [0.717, 1.165) is 12.1 Å². The normalized spacial score (nSPS) is 12.5. The number of fused-ring (bicyclic) bond motifs is 7. The predicted molar refractivity (Wildman–Crippen MR) is 282 cm³/mol. The first kappa shape index (κ1) is 38.0. The van der Waals surface area contributed by atoms with Crippen LogP contribution in [0.5, 0.6) is 0 Å². The van der Waals surface area contributed by atoms with Crippen molar-refractivity contribution in [2.45, 2.75) is 6.42 Å². The van der Waals surface area contributed by atoms with Gasteiger partial charge >= 0.3 is 0 Å². The molecule has 11 aromatic carbocycles. The van der Waals surface area contributed by atoms with Gasteiger partial charge in [0, 0.05) is 11.1 Å². The molecule has 1 aliphatic carbocycles. The monoisotopic (exact) mass is 837 g/mol. The average Bonchev–Trinajstić information content (AvgIpc) is 3.53. The largest absolute Gasteiger partial charge is 0.310 e. The SMILES string of the molecule is C1=Cc2c(c3cc(-c4cccc5ccccc45)ccc3n2-c2ccc(-c3ccc4c(-c5ccccc5)c5ccccc5c(-c5ccccc5)c4c3)cc2)CC=C1c1cccc2ccccc12. The van der Waals surface area contributed by atoms with Crippen LogP contribution in [0.4, 0.5) is 0 Å². The Morgan fingerprint density at radius 2 is 0.833 bits per heavy atom. The quantitative estimate of drug-likeness (QED) is 0.147. The summed E-state index contributed by atoms with van der Waals surface area (Å²) >= 11 is 0. The lowest BCUT2D eigenvalue weighted by molar-refractivity contribution is 1.09. The Hall–Kier alpha value is -8.52. The molecule has 0 bridgehead atoms. The predicted octanol–water partition coefficient (Wildman–Crippen LogP) is 17.6. The fraction of sp³-hybridized carbons (Fsp3) is 0.0154. The van der Waals surface area contributed by atoms with Gasteiger partial charge in [-0.3, -0.25) is 0 Å². The molecule has 1 aliphatic rings. The summed E-state index contributed by atoms with van der Waals surface area (Å²) in [6.07, 6.45) is 7.93. The van der Waals surface area contributed by atoms with E-state index in [1.807, 2.05) is 0 Å². The number of nitrogens with zero attached hydrogens (tertiary/aromatic N) is 1. The van der Waals surface area contributed by atoms with Gasteiger partial charge in [-0.2, -0.15) is 0 Å². The van der Waals surface area contributed by atoms with Gasteiger partial charge in [0.1, 0.15) is 0 Å². The molecule has 0 radical (unpaired) electrons. The highest BCUT2D eigenvalue weighted by molar-refractivity contribution is 6.22. The molecule has 0 saturated heterocycles. The third kappa shape index (κ3) is 6.24. The van der Waals surface area contributed by atoms with Crippen molar-refractivity contribution >= 4 is 65.6 Å². The van der Waals surface area contributed by atoms with Crippen LogP contribution in [0.1, 0.15) is 16.8 Å². The summed E-state index contributed by atoms with van der Waals surface area (Å²) in [5.41, 5.74) is 17.3. The smallest absolute Gasteiger partial charge is 0.0538 e. The van der Waals surface area contributed by atoms with Crippen LogP contribution in [0.25, 0.3) is 116 Å². The fourth-order valence-corrected chi connectivity index (χ4v) is 10.8. The number of allylic oxidation sites excluding steroid dienone is 3. The van der Waals surface area contributed by atoms with Crippen molar-refractivity contribution in [1.29, 1.82) is 0 Å². The van der Waals surface area contributed by atoms with Crippen LogP contribution >= 0.6 is 0 Å². The fourth-order valence-electron chi connectivity index (χ4n) is 10.8. The Balaban J connectivity index is 0.971. The van der Waals surface area contributed by atoms with Crippen LogP contribution in [-0.2, 0) is 6.42 Å². The number of hydrogen-bond acceptors (Lipinski definition) is 0. The standard InChI is InChI=1S/C65H43N/c1-3-17-47(18-4-1)64-57-25-11-12-26-58(57)65(48-19-5-2-6-20-48)61-41-49(32-38-59(61)64)43-29-35-51(36-30-43)66-62-39-33-46(54-27-13-21-44-15-7-9-23-52(44)54)31-37-56(62)60-42-50(34-40-63(60)66)55-28-14-22-45-16-8-10-24-53(45)55/h1-36,38-42H,37H2. The van der Waals surface area contributed by atoms with E-state index in [0.29, 0.717) is 0 Å². The second kappa shape index (κ2) is 15.6. The first-order valence-corrected chi connectivity index (χ1v) is 23.0. The Bertz CT molecular complexity index is 3910. The second-order valence-electron chi connectivity index (χ2n) is 17.5. The van der Waals surface area contributed by atoms with Crippen molar-refractivity contribution in [3.05, 3.63) is 259 Å². The van der Waals surface area contributed by atoms with Crippen molar-refractivity contribution in [2.75, 3.05) is 0 Å².